The number of carbonyl (C=O) groups excluding carboxylic acids is 1. The monoisotopic (exact) mass is 485 g/mol. The number of carbonyl (C=O) groups is 1. The van der Waals surface area contributed by atoms with Gasteiger partial charge in [0.15, 0.2) is 0 Å². The van der Waals surface area contributed by atoms with E-state index in [-0.39, 0.29) is 42.7 Å². The van der Waals surface area contributed by atoms with E-state index in [0.717, 1.165) is 44.6 Å². The number of ether oxygens (including phenoxy) is 2. The second-order valence-electron chi connectivity index (χ2n) is 13.3. The highest BCUT2D eigenvalue weighted by Crippen LogP contribution is 2.65. The van der Waals surface area contributed by atoms with Crippen molar-refractivity contribution in [2.75, 3.05) is 13.1 Å². The zero-order valence-corrected chi connectivity index (χ0v) is 22.7. The van der Waals surface area contributed by atoms with Crippen LogP contribution in [-0.4, -0.2) is 49.6 Å². The molecular formula is C28H44BNO5. The van der Waals surface area contributed by atoms with Gasteiger partial charge in [-0.05, 0) is 101 Å². The van der Waals surface area contributed by atoms with Crippen molar-refractivity contribution < 1.29 is 23.6 Å². The quantitative estimate of drug-likeness (QED) is 0.427. The first-order chi connectivity index (χ1) is 16.4. The van der Waals surface area contributed by atoms with Crippen LogP contribution in [0.1, 0.15) is 74.1 Å². The highest BCUT2D eigenvalue weighted by molar-refractivity contribution is 6.45. The fourth-order valence-electron chi connectivity index (χ4n) is 7.29. The van der Waals surface area contributed by atoms with Crippen molar-refractivity contribution in [3.05, 3.63) is 23.5 Å². The number of hydrogen-bond acceptors (Lipinski definition) is 6. The molecule has 0 spiro atoms. The molecule has 6 rings (SSSR count). The van der Waals surface area contributed by atoms with Crippen molar-refractivity contribution in [2.24, 2.45) is 29.1 Å². The molecule has 4 aliphatic carbocycles. The molecule has 7 atom stereocenters. The van der Waals surface area contributed by atoms with Crippen LogP contribution in [0, 0.1) is 29.1 Å². The minimum absolute atomic E-state index is 0.00484. The van der Waals surface area contributed by atoms with E-state index in [0.29, 0.717) is 22.7 Å². The topological polar surface area (TPSA) is 66.0 Å². The van der Waals surface area contributed by atoms with Crippen LogP contribution in [0.2, 0.25) is 6.32 Å². The van der Waals surface area contributed by atoms with Gasteiger partial charge in [0.05, 0.1) is 17.3 Å². The van der Waals surface area contributed by atoms with E-state index in [2.05, 4.69) is 39.1 Å². The first kappa shape index (κ1) is 25.3. The Balaban J connectivity index is 1.25. The molecule has 0 aromatic heterocycles. The average Bonchev–Trinajstić information content (AvgIpc) is 3.38. The van der Waals surface area contributed by atoms with Gasteiger partial charge in [0.1, 0.15) is 17.5 Å². The molecule has 2 aliphatic heterocycles. The Kier molecular flexibility index (Phi) is 6.46. The first-order valence-electron chi connectivity index (χ1n) is 13.7. The molecule has 1 N–H and O–H groups in total. The van der Waals surface area contributed by atoms with Crippen molar-refractivity contribution in [1.29, 1.82) is 0 Å². The summed E-state index contributed by atoms with van der Waals surface area (Å²) in [5, 5.41) is 3.34. The number of rotatable bonds is 6. The maximum atomic E-state index is 13.3. The van der Waals surface area contributed by atoms with Crippen molar-refractivity contribution >= 4 is 13.1 Å². The third-order valence-corrected chi connectivity index (χ3v) is 9.52. The highest BCUT2D eigenvalue weighted by atomic mass is 16.7. The minimum Gasteiger partial charge on any atom is -0.488 e. The summed E-state index contributed by atoms with van der Waals surface area (Å²) in [5.74, 6) is 1.94. The van der Waals surface area contributed by atoms with Crippen LogP contribution in [0.4, 0.5) is 0 Å². The van der Waals surface area contributed by atoms with Crippen LogP contribution in [0.5, 0.6) is 0 Å². The summed E-state index contributed by atoms with van der Waals surface area (Å²) in [6.07, 6.45) is 9.56. The summed E-state index contributed by atoms with van der Waals surface area (Å²) in [6, 6.07) is 0. The largest absolute Gasteiger partial charge is 0.488 e. The lowest BCUT2D eigenvalue weighted by Crippen LogP contribution is -2.65. The molecule has 3 saturated carbocycles. The molecule has 194 valence electrons. The van der Waals surface area contributed by atoms with Gasteiger partial charge in [-0.15, -0.1) is 0 Å². The summed E-state index contributed by atoms with van der Waals surface area (Å²) >= 11 is 0. The Morgan fingerprint density at radius 3 is 2.69 bits per heavy atom. The summed E-state index contributed by atoms with van der Waals surface area (Å²) in [4.78, 5) is 13.3. The van der Waals surface area contributed by atoms with Crippen molar-refractivity contribution in [2.45, 2.75) is 104 Å². The van der Waals surface area contributed by atoms with Crippen molar-refractivity contribution in [3.8, 4) is 0 Å². The van der Waals surface area contributed by atoms with E-state index in [4.69, 9.17) is 18.8 Å². The molecular weight excluding hydrogens is 441 g/mol. The van der Waals surface area contributed by atoms with E-state index in [1.807, 2.05) is 26.8 Å². The molecule has 0 radical (unpaired) electrons. The first-order valence-corrected chi connectivity index (χ1v) is 13.7. The van der Waals surface area contributed by atoms with Gasteiger partial charge in [0.2, 0.25) is 0 Å². The summed E-state index contributed by atoms with van der Waals surface area (Å²) in [7, 11) is -0.170. The summed E-state index contributed by atoms with van der Waals surface area (Å²) in [6.45, 7) is 16.7. The van der Waals surface area contributed by atoms with Gasteiger partial charge in [-0.25, -0.2) is 4.79 Å². The maximum Gasteiger partial charge on any atom is 0.457 e. The van der Waals surface area contributed by atoms with Crippen LogP contribution in [0.15, 0.2) is 23.5 Å². The Bertz CT molecular complexity index is 902. The third kappa shape index (κ3) is 4.62. The molecule has 5 fully saturated rings. The molecule has 6 nitrogen and oxygen atoms in total. The summed E-state index contributed by atoms with van der Waals surface area (Å²) in [5.41, 5.74) is 0.291. The average molecular weight is 485 g/mol. The van der Waals surface area contributed by atoms with Crippen molar-refractivity contribution in [3.63, 3.8) is 0 Å². The maximum absolute atomic E-state index is 13.3. The standard InChI is InChI=1S/C28H44BNO5/c1-17-18(10-12-29-34-23-15-19-14-22(27(19,5)6)28(23,7)35-29)8-9-21(32-20-11-13-30-16-20)24(17)25(31)33-26(2,3)4/h8-9,17-20,22-23,30H,10-16H2,1-7H3/t17?,18?,19-,20+,22-,23+,28-/m0/s1. The van der Waals surface area contributed by atoms with Gasteiger partial charge in [0, 0.05) is 6.54 Å². The normalized spacial score (nSPS) is 39.9. The molecule has 0 aromatic rings. The Labute approximate surface area is 211 Å². The molecule has 0 amide bonds. The van der Waals surface area contributed by atoms with Gasteiger partial charge in [-0.2, -0.15) is 0 Å². The molecule has 0 aromatic carbocycles. The third-order valence-electron chi connectivity index (χ3n) is 9.52. The number of esters is 1. The van der Waals surface area contributed by atoms with Gasteiger partial charge in [0.25, 0.3) is 0 Å². The van der Waals surface area contributed by atoms with Gasteiger partial charge in [-0.3, -0.25) is 0 Å². The molecule has 35 heavy (non-hydrogen) atoms. The lowest BCUT2D eigenvalue weighted by Gasteiger charge is -2.64. The van der Waals surface area contributed by atoms with Gasteiger partial charge < -0.3 is 24.1 Å². The lowest BCUT2D eigenvalue weighted by atomic mass is 9.43. The zero-order chi connectivity index (χ0) is 25.2. The lowest BCUT2D eigenvalue weighted by molar-refractivity contribution is -0.199. The molecule has 2 unspecified atom stereocenters. The number of nitrogens with one attached hydrogen (secondary N) is 1. The van der Waals surface area contributed by atoms with E-state index in [1.165, 1.54) is 6.42 Å². The molecule has 2 bridgehead atoms. The predicted octanol–water partition coefficient (Wildman–Crippen LogP) is 4.90. The van der Waals surface area contributed by atoms with Crippen LogP contribution < -0.4 is 5.32 Å². The van der Waals surface area contributed by atoms with E-state index >= 15 is 0 Å². The van der Waals surface area contributed by atoms with Crippen LogP contribution in [0.25, 0.3) is 0 Å². The second kappa shape index (κ2) is 8.92. The van der Waals surface area contributed by atoms with Crippen LogP contribution in [-0.2, 0) is 23.6 Å². The fourth-order valence-corrected chi connectivity index (χ4v) is 7.29. The number of allylic oxidation sites excluding steroid dienone is 2. The SMILES string of the molecule is CC1C(C(=O)OC(C)(C)C)=C(O[C@@H]2CCNC2)C=CC1CCB1O[C@@H]2C[C@@H]3C[C@@H](C3(C)C)[C@]2(C)O1. The zero-order valence-electron chi connectivity index (χ0n) is 22.7. The molecule has 6 aliphatic rings. The summed E-state index contributed by atoms with van der Waals surface area (Å²) < 4.78 is 25.2. The van der Waals surface area contributed by atoms with E-state index in [1.54, 1.807) is 0 Å². The van der Waals surface area contributed by atoms with Gasteiger partial charge >= 0.3 is 13.1 Å². The molecule has 2 saturated heterocycles. The Morgan fingerprint density at radius 2 is 2.03 bits per heavy atom. The van der Waals surface area contributed by atoms with Crippen LogP contribution >= 0.6 is 0 Å². The minimum atomic E-state index is -0.549. The Morgan fingerprint density at radius 1 is 1.26 bits per heavy atom. The molecule has 2 heterocycles. The predicted molar refractivity (Wildman–Crippen MR) is 137 cm³/mol. The van der Waals surface area contributed by atoms with E-state index in [9.17, 15) is 4.79 Å². The van der Waals surface area contributed by atoms with E-state index < -0.39 is 5.60 Å². The second-order valence-corrected chi connectivity index (χ2v) is 13.3. The highest BCUT2D eigenvalue weighted by Gasteiger charge is 2.67. The Hall–Kier alpha value is -1.31. The molecule has 7 heteroatoms. The smallest absolute Gasteiger partial charge is 0.457 e. The number of hydrogen-bond donors (Lipinski definition) is 1. The fraction of sp³-hybridized carbons (Fsp3) is 0.821. The van der Waals surface area contributed by atoms with Crippen LogP contribution in [0.3, 0.4) is 0 Å². The van der Waals surface area contributed by atoms with Crippen molar-refractivity contribution in [1.82, 2.24) is 5.32 Å². The van der Waals surface area contributed by atoms with Gasteiger partial charge in [-0.1, -0.05) is 26.8 Å².